The van der Waals surface area contributed by atoms with Gasteiger partial charge in [0.15, 0.2) is 5.11 Å². The molecule has 3 aromatic rings. The maximum atomic E-state index is 5.72. The molecule has 0 aromatic carbocycles. The van der Waals surface area contributed by atoms with Gasteiger partial charge >= 0.3 is 0 Å². The number of methoxy groups -OCH3 is 1. The third-order valence-electron chi connectivity index (χ3n) is 5.17. The Bertz CT molecular complexity index is 957. The van der Waals surface area contributed by atoms with Gasteiger partial charge < -0.3 is 19.5 Å². The zero-order valence-corrected chi connectivity index (χ0v) is 17.5. The molecule has 4 heterocycles. The van der Waals surface area contributed by atoms with E-state index in [-0.39, 0.29) is 12.1 Å². The van der Waals surface area contributed by atoms with Gasteiger partial charge in [-0.2, -0.15) is 0 Å². The van der Waals surface area contributed by atoms with Crippen LogP contribution in [0.25, 0.3) is 5.82 Å². The summed E-state index contributed by atoms with van der Waals surface area (Å²) in [5.74, 6) is 0.894. The number of hydrogen-bond acceptors (Lipinski definition) is 4. The molecule has 1 N–H and O–H groups in total. The highest BCUT2D eigenvalue weighted by Gasteiger charge is 2.41. The molecule has 4 rings (SSSR count). The molecule has 1 aliphatic rings. The number of aryl methyl sites for hydroxylation is 1. The molecule has 0 spiro atoms. The maximum Gasteiger partial charge on any atom is 0.170 e. The van der Waals surface area contributed by atoms with Gasteiger partial charge in [0.05, 0.1) is 17.8 Å². The molecule has 3 aromatic heterocycles. The summed E-state index contributed by atoms with van der Waals surface area (Å²) >= 11 is 5.72. The van der Waals surface area contributed by atoms with Crippen molar-refractivity contribution in [3.8, 4) is 5.82 Å². The van der Waals surface area contributed by atoms with Crippen LogP contribution in [0.15, 0.2) is 61.1 Å². The summed E-state index contributed by atoms with van der Waals surface area (Å²) in [6, 6.07) is 14.3. The molecule has 1 aliphatic heterocycles. The predicted octanol–water partition coefficient (Wildman–Crippen LogP) is 3.58. The Hall–Kier alpha value is -2.77. The van der Waals surface area contributed by atoms with Gasteiger partial charge in [0, 0.05) is 44.5 Å². The Morgan fingerprint density at radius 2 is 2.03 bits per heavy atom. The van der Waals surface area contributed by atoms with Gasteiger partial charge in [-0.3, -0.25) is 4.98 Å². The average Bonchev–Trinajstić information content (AvgIpc) is 3.34. The third kappa shape index (κ3) is 4.02. The summed E-state index contributed by atoms with van der Waals surface area (Å²) in [7, 11) is 1.73. The first-order valence-electron chi connectivity index (χ1n) is 9.76. The van der Waals surface area contributed by atoms with Gasteiger partial charge in [-0.15, -0.1) is 0 Å². The standard InChI is InChI=1S/C22H25N5OS/c1-16-9-10-19(24-15-16)26-12-5-8-18(26)21-20(17-7-3-4-11-23-17)25-22(29)27(21)13-6-14-28-2/h3-5,7-12,15,20-21H,6,13-14H2,1-2H3,(H,25,29)/t20-,21+/m1/s1. The van der Waals surface area contributed by atoms with Crippen molar-refractivity contribution in [2.45, 2.75) is 25.4 Å². The first-order chi connectivity index (χ1) is 14.2. The highest BCUT2D eigenvalue weighted by molar-refractivity contribution is 7.80. The number of rotatable bonds is 7. The third-order valence-corrected chi connectivity index (χ3v) is 5.52. The van der Waals surface area contributed by atoms with Crippen molar-refractivity contribution >= 4 is 17.3 Å². The van der Waals surface area contributed by atoms with E-state index in [2.05, 4.69) is 49.1 Å². The second-order valence-electron chi connectivity index (χ2n) is 7.16. The van der Waals surface area contributed by atoms with Crippen molar-refractivity contribution in [1.82, 2.24) is 24.8 Å². The van der Waals surface area contributed by atoms with Crippen LogP contribution in [0.3, 0.4) is 0 Å². The van der Waals surface area contributed by atoms with Crippen LogP contribution in [0.4, 0.5) is 0 Å². The molecule has 1 saturated heterocycles. The van der Waals surface area contributed by atoms with Crippen LogP contribution in [-0.2, 0) is 4.74 Å². The monoisotopic (exact) mass is 407 g/mol. The normalized spacial score (nSPS) is 18.8. The molecular weight excluding hydrogens is 382 g/mol. The Balaban J connectivity index is 1.75. The lowest BCUT2D eigenvalue weighted by molar-refractivity contribution is 0.180. The largest absolute Gasteiger partial charge is 0.385 e. The number of nitrogens with one attached hydrogen (secondary N) is 1. The second kappa shape index (κ2) is 8.71. The Kier molecular flexibility index (Phi) is 5.87. The van der Waals surface area contributed by atoms with E-state index in [0.29, 0.717) is 6.61 Å². The van der Waals surface area contributed by atoms with Crippen molar-refractivity contribution < 1.29 is 4.74 Å². The Morgan fingerprint density at radius 3 is 2.76 bits per heavy atom. The minimum atomic E-state index is -0.0367. The Morgan fingerprint density at radius 1 is 1.14 bits per heavy atom. The highest BCUT2D eigenvalue weighted by atomic mass is 32.1. The molecule has 6 nitrogen and oxygen atoms in total. The molecule has 1 fully saturated rings. The fourth-order valence-corrected chi connectivity index (χ4v) is 4.13. The van der Waals surface area contributed by atoms with Crippen LogP contribution in [0.1, 0.15) is 35.5 Å². The molecule has 0 unspecified atom stereocenters. The highest BCUT2D eigenvalue weighted by Crippen LogP contribution is 2.39. The lowest BCUT2D eigenvalue weighted by Crippen LogP contribution is -2.32. The topological polar surface area (TPSA) is 55.2 Å². The van der Waals surface area contributed by atoms with Gasteiger partial charge in [-0.05, 0) is 61.5 Å². The Labute approximate surface area is 176 Å². The molecule has 29 heavy (non-hydrogen) atoms. The molecule has 0 bridgehead atoms. The number of ether oxygens (including phenoxy) is 1. The van der Waals surface area contributed by atoms with Crippen molar-refractivity contribution in [3.63, 3.8) is 0 Å². The predicted molar refractivity (Wildman–Crippen MR) is 117 cm³/mol. The van der Waals surface area contributed by atoms with Crippen LogP contribution < -0.4 is 5.32 Å². The number of nitrogens with zero attached hydrogens (tertiary/aromatic N) is 4. The molecule has 0 aliphatic carbocycles. The number of thiocarbonyl (C=S) groups is 1. The zero-order valence-electron chi connectivity index (χ0n) is 16.7. The van der Waals surface area contributed by atoms with Crippen LogP contribution in [-0.4, -0.2) is 44.8 Å². The fourth-order valence-electron chi connectivity index (χ4n) is 3.79. The minimum absolute atomic E-state index is 0.00681. The summed E-state index contributed by atoms with van der Waals surface area (Å²) in [5, 5.41) is 4.24. The average molecular weight is 408 g/mol. The maximum absolute atomic E-state index is 5.72. The van der Waals surface area contributed by atoms with Crippen molar-refractivity contribution in [3.05, 3.63) is 78.0 Å². The first-order valence-corrected chi connectivity index (χ1v) is 10.2. The van der Waals surface area contributed by atoms with Gasteiger partial charge in [0.25, 0.3) is 0 Å². The van der Waals surface area contributed by atoms with E-state index in [1.807, 2.05) is 43.6 Å². The molecule has 0 amide bonds. The van der Waals surface area contributed by atoms with Crippen LogP contribution in [0, 0.1) is 6.92 Å². The van der Waals surface area contributed by atoms with E-state index in [1.165, 1.54) is 0 Å². The van der Waals surface area contributed by atoms with Gasteiger partial charge in [-0.1, -0.05) is 12.1 Å². The van der Waals surface area contributed by atoms with Crippen molar-refractivity contribution in [2.75, 3.05) is 20.3 Å². The number of hydrogen-bond donors (Lipinski definition) is 1. The molecular formula is C22H25N5OS. The zero-order chi connectivity index (χ0) is 20.2. The van der Waals surface area contributed by atoms with Gasteiger partial charge in [-0.25, -0.2) is 4.98 Å². The van der Waals surface area contributed by atoms with Gasteiger partial charge in [0.1, 0.15) is 5.82 Å². The van der Waals surface area contributed by atoms with E-state index < -0.39 is 0 Å². The number of pyridine rings is 2. The van der Waals surface area contributed by atoms with Crippen LogP contribution >= 0.6 is 12.2 Å². The summed E-state index contributed by atoms with van der Waals surface area (Å²) in [6.45, 7) is 3.54. The summed E-state index contributed by atoms with van der Waals surface area (Å²) in [5.41, 5.74) is 3.24. The van der Waals surface area contributed by atoms with E-state index in [1.54, 1.807) is 7.11 Å². The van der Waals surface area contributed by atoms with E-state index in [4.69, 9.17) is 17.0 Å². The van der Waals surface area contributed by atoms with Crippen molar-refractivity contribution in [2.24, 2.45) is 0 Å². The molecule has 7 heteroatoms. The summed E-state index contributed by atoms with van der Waals surface area (Å²) < 4.78 is 7.40. The SMILES string of the molecule is COCCCN1C(=S)N[C@H](c2ccccn2)[C@@H]1c1cccn1-c1ccc(C)cn1. The summed E-state index contributed by atoms with van der Waals surface area (Å²) in [6.07, 6.45) is 6.67. The molecule has 0 radical (unpaired) electrons. The van der Waals surface area contributed by atoms with E-state index in [9.17, 15) is 0 Å². The molecule has 150 valence electrons. The number of aromatic nitrogens is 3. The van der Waals surface area contributed by atoms with Crippen LogP contribution in [0.2, 0.25) is 0 Å². The lowest BCUT2D eigenvalue weighted by Gasteiger charge is -2.28. The molecule has 2 atom stereocenters. The summed E-state index contributed by atoms with van der Waals surface area (Å²) in [4.78, 5) is 11.5. The smallest absolute Gasteiger partial charge is 0.170 e. The lowest BCUT2D eigenvalue weighted by atomic mass is 10.0. The van der Waals surface area contributed by atoms with Gasteiger partial charge in [0.2, 0.25) is 0 Å². The van der Waals surface area contributed by atoms with E-state index in [0.717, 1.165) is 40.8 Å². The van der Waals surface area contributed by atoms with Crippen LogP contribution in [0.5, 0.6) is 0 Å². The quantitative estimate of drug-likeness (QED) is 0.477. The first kappa shape index (κ1) is 19.5. The second-order valence-corrected chi connectivity index (χ2v) is 7.55. The van der Waals surface area contributed by atoms with E-state index >= 15 is 0 Å². The fraction of sp³-hybridized carbons (Fsp3) is 0.318. The van der Waals surface area contributed by atoms with Crippen molar-refractivity contribution in [1.29, 1.82) is 0 Å². The molecule has 0 saturated carbocycles. The minimum Gasteiger partial charge on any atom is -0.385 e.